The second kappa shape index (κ2) is 4.45. The predicted octanol–water partition coefficient (Wildman–Crippen LogP) is 2.06. The lowest BCUT2D eigenvalue weighted by Gasteiger charge is -2.06. The van der Waals surface area contributed by atoms with E-state index in [2.05, 4.69) is 5.18 Å². The highest BCUT2D eigenvalue weighted by Gasteiger charge is 2.02. The van der Waals surface area contributed by atoms with Gasteiger partial charge in [-0.1, -0.05) is 11.2 Å². The molecule has 0 spiro atoms. The quantitative estimate of drug-likeness (QED) is 0.723. The van der Waals surface area contributed by atoms with E-state index in [9.17, 15) is 10.0 Å². The lowest BCUT2D eigenvalue weighted by Crippen LogP contribution is -1.92. The van der Waals surface area contributed by atoms with Gasteiger partial charge in [-0.2, -0.15) is 4.91 Å². The normalized spacial score (nSPS) is 9.62. The third-order valence-electron chi connectivity index (χ3n) is 1.57. The van der Waals surface area contributed by atoms with Crippen LogP contribution < -0.4 is 4.74 Å². The zero-order chi connectivity index (χ0) is 9.68. The van der Waals surface area contributed by atoms with Gasteiger partial charge in [0.05, 0.1) is 6.61 Å². The van der Waals surface area contributed by atoms with Crippen molar-refractivity contribution in [2.45, 2.75) is 13.5 Å². The number of hydrogen-bond donors (Lipinski definition) is 1. The molecule has 0 fully saturated rings. The maximum absolute atomic E-state index is 9.98. The van der Waals surface area contributed by atoms with Crippen LogP contribution in [-0.4, -0.2) is 11.7 Å². The van der Waals surface area contributed by atoms with Crippen LogP contribution in [0.15, 0.2) is 23.4 Å². The van der Waals surface area contributed by atoms with Gasteiger partial charge in [0, 0.05) is 0 Å². The van der Waals surface area contributed by atoms with Gasteiger partial charge in [0.25, 0.3) is 0 Å². The first-order chi connectivity index (χ1) is 6.27. The Labute approximate surface area is 76.1 Å². The number of aromatic hydroxyl groups is 1. The molecule has 70 valence electrons. The molecule has 13 heavy (non-hydrogen) atoms. The lowest BCUT2D eigenvalue weighted by atomic mass is 10.2. The first-order valence-corrected chi connectivity index (χ1v) is 4.01. The van der Waals surface area contributed by atoms with Crippen molar-refractivity contribution in [2.24, 2.45) is 5.18 Å². The number of nitrogens with zero attached hydrogens (tertiary/aromatic N) is 1. The molecule has 0 atom stereocenters. The van der Waals surface area contributed by atoms with Crippen LogP contribution in [0.5, 0.6) is 11.5 Å². The van der Waals surface area contributed by atoms with Crippen molar-refractivity contribution < 1.29 is 9.84 Å². The molecular formula is C9H11NO3. The summed E-state index contributed by atoms with van der Waals surface area (Å²) in [7, 11) is 0. The second-order valence-corrected chi connectivity index (χ2v) is 2.52. The monoisotopic (exact) mass is 181 g/mol. The number of rotatable bonds is 4. The fourth-order valence-corrected chi connectivity index (χ4v) is 1.00. The molecule has 0 aromatic heterocycles. The third-order valence-corrected chi connectivity index (χ3v) is 1.57. The Bertz CT molecular complexity index is 299. The minimum absolute atomic E-state index is 0.0801. The Balaban J connectivity index is 2.89. The molecule has 0 saturated carbocycles. The zero-order valence-electron chi connectivity index (χ0n) is 7.36. The molecule has 0 aliphatic heterocycles. The van der Waals surface area contributed by atoms with Crippen LogP contribution in [0.25, 0.3) is 0 Å². The summed E-state index contributed by atoms with van der Waals surface area (Å²) in [6.45, 7) is 2.40. The highest BCUT2D eigenvalue weighted by atomic mass is 16.5. The van der Waals surface area contributed by atoms with Crippen LogP contribution >= 0.6 is 0 Å². The molecule has 1 N–H and O–H groups in total. The molecule has 0 aliphatic rings. The van der Waals surface area contributed by atoms with E-state index in [-0.39, 0.29) is 12.3 Å². The second-order valence-electron chi connectivity index (χ2n) is 2.52. The van der Waals surface area contributed by atoms with Gasteiger partial charge in [0.2, 0.25) is 0 Å². The summed E-state index contributed by atoms with van der Waals surface area (Å²) in [4.78, 5) is 9.98. The van der Waals surface area contributed by atoms with E-state index in [1.807, 2.05) is 6.92 Å². The molecule has 0 aliphatic carbocycles. The third kappa shape index (κ3) is 2.43. The molecule has 0 heterocycles. The van der Waals surface area contributed by atoms with E-state index in [0.717, 1.165) is 5.56 Å². The predicted molar refractivity (Wildman–Crippen MR) is 48.8 cm³/mol. The van der Waals surface area contributed by atoms with Gasteiger partial charge < -0.3 is 9.84 Å². The van der Waals surface area contributed by atoms with Gasteiger partial charge in [-0.3, -0.25) is 0 Å². The topological polar surface area (TPSA) is 58.9 Å². The van der Waals surface area contributed by atoms with E-state index in [1.165, 1.54) is 6.07 Å². The van der Waals surface area contributed by atoms with Crippen LogP contribution in [0.1, 0.15) is 12.5 Å². The molecule has 0 amide bonds. The Kier molecular flexibility index (Phi) is 3.25. The summed E-state index contributed by atoms with van der Waals surface area (Å²) in [5, 5.41) is 12.1. The summed E-state index contributed by atoms with van der Waals surface area (Å²) in [5.74, 6) is 0.472. The Morgan fingerprint density at radius 2 is 2.31 bits per heavy atom. The minimum Gasteiger partial charge on any atom is -0.504 e. The van der Waals surface area contributed by atoms with E-state index in [0.29, 0.717) is 12.4 Å². The number of phenols is 1. The first-order valence-electron chi connectivity index (χ1n) is 4.01. The summed E-state index contributed by atoms with van der Waals surface area (Å²) in [6.07, 6.45) is 0. The molecule has 4 heteroatoms. The van der Waals surface area contributed by atoms with Crippen LogP contribution in [0, 0.1) is 4.91 Å². The van der Waals surface area contributed by atoms with Crippen molar-refractivity contribution in [2.75, 3.05) is 6.61 Å². The Morgan fingerprint density at radius 3 is 2.92 bits per heavy atom. The van der Waals surface area contributed by atoms with Gasteiger partial charge in [-0.15, -0.1) is 0 Å². The van der Waals surface area contributed by atoms with Crippen LogP contribution in [-0.2, 0) is 6.54 Å². The molecule has 0 saturated heterocycles. The van der Waals surface area contributed by atoms with Gasteiger partial charge in [-0.25, -0.2) is 0 Å². The fourth-order valence-electron chi connectivity index (χ4n) is 1.00. The molecule has 0 bridgehead atoms. The summed E-state index contributed by atoms with van der Waals surface area (Å²) < 4.78 is 5.13. The van der Waals surface area contributed by atoms with Crippen molar-refractivity contribution in [3.8, 4) is 11.5 Å². The largest absolute Gasteiger partial charge is 0.504 e. The van der Waals surface area contributed by atoms with Crippen molar-refractivity contribution in [1.29, 1.82) is 0 Å². The van der Waals surface area contributed by atoms with E-state index in [1.54, 1.807) is 12.1 Å². The molecule has 1 aromatic carbocycles. The average Bonchev–Trinajstić information content (AvgIpc) is 2.12. The molecular weight excluding hydrogens is 170 g/mol. The average molecular weight is 181 g/mol. The number of benzene rings is 1. The van der Waals surface area contributed by atoms with E-state index >= 15 is 0 Å². The van der Waals surface area contributed by atoms with Crippen molar-refractivity contribution >= 4 is 0 Å². The van der Waals surface area contributed by atoms with E-state index < -0.39 is 0 Å². The van der Waals surface area contributed by atoms with Gasteiger partial charge in [0.15, 0.2) is 11.5 Å². The van der Waals surface area contributed by atoms with Crippen molar-refractivity contribution in [3.05, 3.63) is 28.7 Å². The number of ether oxygens (including phenoxy) is 1. The summed E-state index contributed by atoms with van der Waals surface area (Å²) >= 11 is 0. The zero-order valence-corrected chi connectivity index (χ0v) is 7.36. The molecule has 0 unspecified atom stereocenters. The number of phenolic OH excluding ortho intramolecular Hbond substituents is 1. The molecule has 0 radical (unpaired) electrons. The van der Waals surface area contributed by atoms with E-state index in [4.69, 9.17) is 4.74 Å². The number of nitroso groups, excluding NO2 is 1. The van der Waals surface area contributed by atoms with Crippen molar-refractivity contribution in [3.63, 3.8) is 0 Å². The van der Waals surface area contributed by atoms with Crippen LogP contribution in [0.4, 0.5) is 0 Å². The molecule has 1 rings (SSSR count). The SMILES string of the molecule is CCOc1cc(CN=O)ccc1O. The highest BCUT2D eigenvalue weighted by molar-refractivity contribution is 5.41. The standard InChI is InChI=1S/C9H11NO3/c1-2-13-9-5-7(6-10-12)3-4-8(9)11/h3-5,11H,2,6H2,1H3. The van der Waals surface area contributed by atoms with Crippen LogP contribution in [0.3, 0.4) is 0 Å². The fraction of sp³-hybridized carbons (Fsp3) is 0.333. The molecule has 1 aromatic rings. The van der Waals surface area contributed by atoms with Gasteiger partial charge >= 0.3 is 0 Å². The summed E-state index contributed by atoms with van der Waals surface area (Å²) in [6, 6.07) is 4.74. The maximum Gasteiger partial charge on any atom is 0.161 e. The first kappa shape index (κ1) is 9.51. The lowest BCUT2D eigenvalue weighted by molar-refractivity contribution is 0.318. The molecule has 4 nitrogen and oxygen atoms in total. The Hall–Kier alpha value is -1.58. The van der Waals surface area contributed by atoms with Crippen LogP contribution in [0.2, 0.25) is 0 Å². The number of hydrogen-bond acceptors (Lipinski definition) is 4. The highest BCUT2D eigenvalue weighted by Crippen LogP contribution is 2.26. The van der Waals surface area contributed by atoms with Crippen molar-refractivity contribution in [1.82, 2.24) is 0 Å². The Morgan fingerprint density at radius 1 is 1.54 bits per heavy atom. The minimum atomic E-state index is 0.0801. The van der Waals surface area contributed by atoms with Gasteiger partial charge in [0.1, 0.15) is 6.54 Å². The maximum atomic E-state index is 9.98. The smallest absolute Gasteiger partial charge is 0.161 e. The van der Waals surface area contributed by atoms with Gasteiger partial charge in [-0.05, 0) is 24.6 Å². The summed E-state index contributed by atoms with van der Waals surface area (Å²) in [5.41, 5.74) is 0.733.